The number of esters is 1. The lowest BCUT2D eigenvalue weighted by molar-refractivity contribution is -0.146. The van der Waals surface area contributed by atoms with Crippen LogP contribution in [0, 0.1) is 5.92 Å². The minimum Gasteiger partial charge on any atom is -0.469 e. The summed E-state index contributed by atoms with van der Waals surface area (Å²) in [5.41, 5.74) is 0. The second-order valence-electron chi connectivity index (χ2n) is 4.50. The van der Waals surface area contributed by atoms with Crippen molar-refractivity contribution >= 4 is 33.6 Å². The topological polar surface area (TPSA) is 101 Å². The van der Waals surface area contributed by atoms with Gasteiger partial charge in [-0.25, -0.2) is 9.97 Å². The van der Waals surface area contributed by atoms with Crippen LogP contribution in [0.15, 0.2) is 12.4 Å². The molecule has 1 aliphatic rings. The van der Waals surface area contributed by atoms with Gasteiger partial charge in [-0.05, 0) is 12.8 Å². The van der Waals surface area contributed by atoms with Crippen LogP contribution in [0.25, 0.3) is 0 Å². The highest BCUT2D eigenvalue weighted by Crippen LogP contribution is 2.23. The largest absolute Gasteiger partial charge is 0.469 e. The molecule has 0 aliphatic carbocycles. The van der Waals surface area contributed by atoms with Gasteiger partial charge >= 0.3 is 16.2 Å². The van der Waals surface area contributed by atoms with Gasteiger partial charge in [0.05, 0.1) is 13.0 Å². The molecule has 0 radical (unpaired) electrons. The van der Waals surface area contributed by atoms with Crippen LogP contribution in [0.4, 0.5) is 5.82 Å². The summed E-state index contributed by atoms with van der Waals surface area (Å²) in [5.74, 6) is -0.590. The Morgan fingerprint density at radius 2 is 2.00 bits per heavy atom. The third kappa shape index (κ3) is 3.80. The summed E-state index contributed by atoms with van der Waals surface area (Å²) < 4.78 is 32.7. The molecule has 1 aromatic rings. The number of halogens is 1. The zero-order valence-electron chi connectivity index (χ0n) is 11.3. The maximum Gasteiger partial charge on any atom is 0.308 e. The lowest BCUT2D eigenvalue weighted by Gasteiger charge is -2.29. The molecular formula is C11H15ClN4O4S. The summed E-state index contributed by atoms with van der Waals surface area (Å²) >= 11 is 5.77. The zero-order valence-corrected chi connectivity index (χ0v) is 12.9. The number of hydrogen-bond donors (Lipinski definition) is 1. The summed E-state index contributed by atoms with van der Waals surface area (Å²) in [4.78, 5) is 19.0. The SMILES string of the molecule is COC(=O)C1CCN(S(=O)(=O)Nc2nccnc2Cl)CC1. The second kappa shape index (κ2) is 6.54. The molecule has 1 aliphatic heterocycles. The van der Waals surface area contributed by atoms with E-state index in [-0.39, 0.29) is 35.9 Å². The van der Waals surface area contributed by atoms with Gasteiger partial charge in [0.25, 0.3) is 0 Å². The predicted molar refractivity (Wildman–Crippen MR) is 75.9 cm³/mol. The molecule has 1 aromatic heterocycles. The highest BCUT2D eigenvalue weighted by atomic mass is 35.5. The van der Waals surface area contributed by atoms with Crippen molar-refractivity contribution in [2.24, 2.45) is 5.92 Å². The van der Waals surface area contributed by atoms with E-state index in [0.717, 1.165) is 0 Å². The van der Waals surface area contributed by atoms with Crippen molar-refractivity contribution in [2.75, 3.05) is 24.9 Å². The Kier molecular flexibility index (Phi) is 4.96. The van der Waals surface area contributed by atoms with Gasteiger partial charge in [-0.3, -0.25) is 9.52 Å². The van der Waals surface area contributed by atoms with Gasteiger partial charge in [-0.15, -0.1) is 0 Å². The molecule has 8 nitrogen and oxygen atoms in total. The van der Waals surface area contributed by atoms with Gasteiger partial charge in [-0.2, -0.15) is 12.7 Å². The number of carbonyl (C=O) groups is 1. The van der Waals surface area contributed by atoms with Crippen LogP contribution in [0.5, 0.6) is 0 Å². The number of anilines is 1. The molecule has 0 bridgehead atoms. The van der Waals surface area contributed by atoms with E-state index in [1.165, 1.54) is 23.8 Å². The number of rotatable bonds is 4. The zero-order chi connectivity index (χ0) is 15.5. The van der Waals surface area contributed by atoms with Crippen molar-refractivity contribution in [3.63, 3.8) is 0 Å². The number of methoxy groups -OCH3 is 1. The monoisotopic (exact) mass is 334 g/mol. The van der Waals surface area contributed by atoms with Crippen molar-refractivity contribution in [1.29, 1.82) is 0 Å². The third-order valence-corrected chi connectivity index (χ3v) is 4.98. The molecule has 2 rings (SSSR count). The van der Waals surface area contributed by atoms with Crippen molar-refractivity contribution < 1.29 is 17.9 Å². The quantitative estimate of drug-likeness (QED) is 0.812. The Bertz CT molecular complexity index is 616. The molecule has 116 valence electrons. The van der Waals surface area contributed by atoms with Crippen LogP contribution in [-0.4, -0.2) is 48.9 Å². The van der Waals surface area contributed by atoms with Gasteiger partial charge in [0.15, 0.2) is 11.0 Å². The molecule has 0 saturated carbocycles. The molecular weight excluding hydrogens is 320 g/mol. The number of nitrogens with zero attached hydrogens (tertiary/aromatic N) is 3. The van der Waals surface area contributed by atoms with E-state index in [1.54, 1.807) is 0 Å². The molecule has 2 heterocycles. The smallest absolute Gasteiger partial charge is 0.308 e. The fourth-order valence-corrected chi connectivity index (χ4v) is 3.50. The minimum atomic E-state index is -3.77. The van der Waals surface area contributed by atoms with Crippen LogP contribution >= 0.6 is 11.6 Å². The van der Waals surface area contributed by atoms with E-state index < -0.39 is 10.2 Å². The molecule has 0 spiro atoms. The normalized spacial score (nSPS) is 17.4. The van der Waals surface area contributed by atoms with Crippen molar-refractivity contribution in [3.8, 4) is 0 Å². The van der Waals surface area contributed by atoms with Gasteiger partial charge in [-0.1, -0.05) is 11.6 Å². The second-order valence-corrected chi connectivity index (χ2v) is 6.53. The van der Waals surface area contributed by atoms with Gasteiger partial charge in [0, 0.05) is 25.5 Å². The molecule has 1 saturated heterocycles. The summed E-state index contributed by atoms with van der Waals surface area (Å²) in [6.07, 6.45) is 3.54. The van der Waals surface area contributed by atoms with Crippen LogP contribution in [0.2, 0.25) is 5.15 Å². The van der Waals surface area contributed by atoms with Crippen LogP contribution in [-0.2, 0) is 19.7 Å². The summed E-state index contributed by atoms with van der Waals surface area (Å²) in [5, 5.41) is -0.0227. The molecule has 0 unspecified atom stereocenters. The summed E-state index contributed by atoms with van der Waals surface area (Å²) in [6, 6.07) is 0. The van der Waals surface area contributed by atoms with Gasteiger partial charge in [0.2, 0.25) is 0 Å². The average molecular weight is 335 g/mol. The maximum atomic E-state index is 12.2. The first-order valence-electron chi connectivity index (χ1n) is 6.26. The highest BCUT2D eigenvalue weighted by molar-refractivity contribution is 7.90. The van der Waals surface area contributed by atoms with E-state index in [0.29, 0.717) is 12.8 Å². The third-order valence-electron chi connectivity index (χ3n) is 3.21. The number of hydrogen-bond acceptors (Lipinski definition) is 6. The minimum absolute atomic E-state index is 0.0192. The Morgan fingerprint density at radius 3 is 2.57 bits per heavy atom. The van der Waals surface area contributed by atoms with Crippen molar-refractivity contribution in [2.45, 2.75) is 12.8 Å². The first kappa shape index (κ1) is 15.9. The van der Waals surface area contributed by atoms with E-state index in [1.807, 2.05) is 0 Å². The molecule has 21 heavy (non-hydrogen) atoms. The highest BCUT2D eigenvalue weighted by Gasteiger charge is 2.32. The fraction of sp³-hybridized carbons (Fsp3) is 0.545. The predicted octanol–water partition coefficient (Wildman–Crippen LogP) is 0.672. The van der Waals surface area contributed by atoms with Crippen molar-refractivity contribution in [1.82, 2.24) is 14.3 Å². The lowest BCUT2D eigenvalue weighted by atomic mass is 9.99. The Labute approximate surface area is 127 Å². The fourth-order valence-electron chi connectivity index (χ4n) is 2.07. The standard InChI is InChI=1S/C11H15ClN4O4S/c1-20-11(17)8-2-6-16(7-3-8)21(18,19)15-10-9(12)13-4-5-14-10/h4-5,8H,2-3,6-7H2,1H3,(H,14,15). The maximum absolute atomic E-state index is 12.2. The summed E-state index contributed by atoms with van der Waals surface area (Å²) in [7, 11) is -2.45. The van der Waals surface area contributed by atoms with E-state index in [2.05, 4.69) is 19.4 Å². The van der Waals surface area contributed by atoms with Crippen molar-refractivity contribution in [3.05, 3.63) is 17.5 Å². The van der Waals surface area contributed by atoms with Crippen LogP contribution in [0.1, 0.15) is 12.8 Å². The Balaban J connectivity index is 2.02. The van der Waals surface area contributed by atoms with Gasteiger partial charge < -0.3 is 4.74 Å². The number of carbonyl (C=O) groups excluding carboxylic acids is 1. The lowest BCUT2D eigenvalue weighted by Crippen LogP contribution is -2.43. The number of piperidine rings is 1. The number of nitrogens with one attached hydrogen (secondary N) is 1. The van der Waals surface area contributed by atoms with E-state index >= 15 is 0 Å². The molecule has 10 heteroatoms. The first-order valence-corrected chi connectivity index (χ1v) is 8.08. The van der Waals surface area contributed by atoms with Crippen LogP contribution < -0.4 is 4.72 Å². The Morgan fingerprint density at radius 1 is 1.38 bits per heavy atom. The molecule has 0 atom stereocenters. The number of ether oxygens (including phenoxy) is 1. The molecule has 1 fully saturated rings. The van der Waals surface area contributed by atoms with Crippen LogP contribution in [0.3, 0.4) is 0 Å². The average Bonchev–Trinajstić information content (AvgIpc) is 2.49. The van der Waals surface area contributed by atoms with Gasteiger partial charge in [0.1, 0.15) is 0 Å². The summed E-state index contributed by atoms with van der Waals surface area (Å²) in [6.45, 7) is 0.458. The Hall–Kier alpha value is -1.45. The van der Waals surface area contributed by atoms with E-state index in [4.69, 9.17) is 11.6 Å². The molecule has 1 N–H and O–H groups in total. The molecule has 0 aromatic carbocycles. The van der Waals surface area contributed by atoms with E-state index in [9.17, 15) is 13.2 Å². The number of aromatic nitrogens is 2. The first-order chi connectivity index (χ1) is 9.94. The molecule has 0 amide bonds.